The Morgan fingerprint density at radius 3 is 2.74 bits per heavy atom. The molecule has 0 bridgehead atoms. The summed E-state index contributed by atoms with van der Waals surface area (Å²) in [6.07, 6.45) is 1.08. The Labute approximate surface area is 123 Å². The molecule has 0 spiro atoms. The van der Waals surface area contributed by atoms with Crippen molar-refractivity contribution in [2.75, 3.05) is 12.4 Å². The number of anilines is 1. The number of ether oxygens (including phenoxy) is 1. The van der Waals surface area contributed by atoms with Crippen LogP contribution in [0.3, 0.4) is 0 Å². The van der Waals surface area contributed by atoms with Crippen LogP contribution >= 0.6 is 22.9 Å². The lowest BCUT2D eigenvalue weighted by atomic mass is 10.2. The Balaban J connectivity index is 2.18. The van der Waals surface area contributed by atoms with Gasteiger partial charge in [0.15, 0.2) is 0 Å². The predicted molar refractivity (Wildman–Crippen MR) is 83.7 cm³/mol. The Kier molecular flexibility index (Phi) is 4.72. The second kappa shape index (κ2) is 6.31. The van der Waals surface area contributed by atoms with Gasteiger partial charge in [0, 0.05) is 14.8 Å². The van der Waals surface area contributed by atoms with Gasteiger partial charge in [0.25, 0.3) is 0 Å². The van der Waals surface area contributed by atoms with Gasteiger partial charge in [-0.05, 0) is 43.7 Å². The molecule has 2 nitrogen and oxygen atoms in total. The molecule has 4 heteroatoms. The van der Waals surface area contributed by atoms with Crippen molar-refractivity contribution < 1.29 is 4.74 Å². The molecule has 0 aliphatic rings. The molecular weight excluding hydrogens is 278 g/mol. The van der Waals surface area contributed by atoms with Crippen LogP contribution in [0.15, 0.2) is 30.3 Å². The molecule has 1 aromatic carbocycles. The van der Waals surface area contributed by atoms with Gasteiger partial charge >= 0.3 is 0 Å². The van der Waals surface area contributed by atoms with E-state index < -0.39 is 0 Å². The number of hydrogen-bond acceptors (Lipinski definition) is 3. The number of hydrogen-bond donors (Lipinski definition) is 1. The zero-order valence-electron chi connectivity index (χ0n) is 11.4. The summed E-state index contributed by atoms with van der Waals surface area (Å²) >= 11 is 7.88. The summed E-state index contributed by atoms with van der Waals surface area (Å²) in [6.45, 7) is 4.32. The first-order valence-corrected chi connectivity index (χ1v) is 7.52. The average molecular weight is 296 g/mol. The molecule has 1 N–H and O–H groups in total. The Morgan fingerprint density at radius 1 is 1.32 bits per heavy atom. The number of nitrogens with one attached hydrogen (secondary N) is 1. The number of thiophene rings is 1. The third-order valence-electron chi connectivity index (χ3n) is 2.99. The third kappa shape index (κ3) is 3.43. The number of methoxy groups -OCH3 is 1. The molecule has 0 saturated heterocycles. The van der Waals surface area contributed by atoms with E-state index in [1.54, 1.807) is 7.11 Å². The van der Waals surface area contributed by atoms with E-state index in [9.17, 15) is 0 Å². The average Bonchev–Trinajstić information content (AvgIpc) is 2.88. The maximum absolute atomic E-state index is 6.04. The van der Waals surface area contributed by atoms with Gasteiger partial charge in [-0.1, -0.05) is 18.5 Å². The minimum absolute atomic E-state index is 0.234. The van der Waals surface area contributed by atoms with Crippen molar-refractivity contribution in [1.29, 1.82) is 0 Å². The number of aryl methyl sites for hydroxylation is 1. The number of rotatable bonds is 5. The lowest BCUT2D eigenvalue weighted by Gasteiger charge is -2.16. The summed E-state index contributed by atoms with van der Waals surface area (Å²) in [5, 5.41) is 4.16. The standard InChI is InChI=1S/C15H18ClNOS/c1-4-12-6-8-15(19-12)10(2)17-13-9-11(16)5-7-14(13)18-3/h5-10,17H,4H2,1-3H3. The fraction of sp³-hybridized carbons (Fsp3) is 0.333. The highest BCUT2D eigenvalue weighted by molar-refractivity contribution is 7.12. The first kappa shape index (κ1) is 14.2. The highest BCUT2D eigenvalue weighted by Gasteiger charge is 2.11. The molecule has 1 heterocycles. The van der Waals surface area contributed by atoms with Gasteiger partial charge in [0.05, 0.1) is 18.8 Å². The molecule has 0 aliphatic heterocycles. The molecule has 0 saturated carbocycles. The molecular formula is C15H18ClNOS. The number of benzene rings is 1. The van der Waals surface area contributed by atoms with Crippen LogP contribution in [0.2, 0.25) is 5.02 Å². The van der Waals surface area contributed by atoms with Gasteiger partial charge in [0.2, 0.25) is 0 Å². The third-order valence-corrected chi connectivity index (χ3v) is 4.64. The van der Waals surface area contributed by atoms with Crippen molar-refractivity contribution in [2.45, 2.75) is 26.3 Å². The lowest BCUT2D eigenvalue weighted by Crippen LogP contribution is -2.06. The van der Waals surface area contributed by atoms with Crippen LogP contribution in [0.1, 0.15) is 29.6 Å². The van der Waals surface area contributed by atoms with Crippen LogP contribution < -0.4 is 10.1 Å². The molecule has 0 amide bonds. The quantitative estimate of drug-likeness (QED) is 0.824. The molecule has 2 rings (SSSR count). The van der Waals surface area contributed by atoms with Crippen molar-refractivity contribution in [1.82, 2.24) is 0 Å². The summed E-state index contributed by atoms with van der Waals surface area (Å²) in [7, 11) is 1.67. The van der Waals surface area contributed by atoms with Crippen molar-refractivity contribution in [3.63, 3.8) is 0 Å². The monoisotopic (exact) mass is 295 g/mol. The number of halogens is 1. The van der Waals surface area contributed by atoms with E-state index in [4.69, 9.17) is 16.3 Å². The van der Waals surface area contributed by atoms with Crippen LogP contribution in [0.5, 0.6) is 5.75 Å². The van der Waals surface area contributed by atoms with Crippen molar-refractivity contribution in [3.8, 4) is 5.75 Å². The Bertz CT molecular complexity index is 553. The Hall–Kier alpha value is -1.19. The van der Waals surface area contributed by atoms with Crippen molar-refractivity contribution >= 4 is 28.6 Å². The van der Waals surface area contributed by atoms with Gasteiger partial charge in [0.1, 0.15) is 5.75 Å². The smallest absolute Gasteiger partial charge is 0.142 e. The SMILES string of the molecule is CCc1ccc(C(C)Nc2cc(Cl)ccc2OC)s1. The van der Waals surface area contributed by atoms with E-state index >= 15 is 0 Å². The normalized spacial score (nSPS) is 12.2. The maximum atomic E-state index is 6.04. The molecule has 0 fully saturated rings. The highest BCUT2D eigenvalue weighted by Crippen LogP contribution is 2.32. The van der Waals surface area contributed by atoms with Gasteiger partial charge in [-0.3, -0.25) is 0 Å². The zero-order valence-corrected chi connectivity index (χ0v) is 12.9. The molecule has 1 aromatic heterocycles. The van der Waals surface area contributed by atoms with Crippen LogP contribution in [0, 0.1) is 0 Å². The van der Waals surface area contributed by atoms with Gasteiger partial charge in [-0.15, -0.1) is 11.3 Å². The molecule has 1 atom stereocenters. The van der Waals surface area contributed by atoms with Gasteiger partial charge in [-0.2, -0.15) is 0 Å². The largest absolute Gasteiger partial charge is 0.495 e. The van der Waals surface area contributed by atoms with Gasteiger partial charge in [-0.25, -0.2) is 0 Å². The Morgan fingerprint density at radius 2 is 2.11 bits per heavy atom. The van der Waals surface area contributed by atoms with Gasteiger partial charge < -0.3 is 10.1 Å². The van der Waals surface area contributed by atoms with E-state index in [0.717, 1.165) is 17.9 Å². The van der Waals surface area contributed by atoms with Crippen LogP contribution in [-0.2, 0) is 6.42 Å². The van der Waals surface area contributed by atoms with Crippen molar-refractivity contribution in [3.05, 3.63) is 45.1 Å². The minimum Gasteiger partial charge on any atom is -0.495 e. The molecule has 1 unspecified atom stereocenters. The summed E-state index contributed by atoms with van der Waals surface area (Å²) in [5.41, 5.74) is 0.925. The molecule has 102 valence electrons. The van der Waals surface area contributed by atoms with E-state index in [1.165, 1.54) is 9.75 Å². The first-order chi connectivity index (χ1) is 9.13. The van der Waals surface area contributed by atoms with E-state index in [1.807, 2.05) is 29.5 Å². The molecule has 2 aromatic rings. The van der Waals surface area contributed by atoms with Crippen LogP contribution in [-0.4, -0.2) is 7.11 Å². The summed E-state index contributed by atoms with van der Waals surface area (Å²) in [5.74, 6) is 0.809. The van der Waals surface area contributed by atoms with E-state index in [0.29, 0.717) is 5.02 Å². The highest BCUT2D eigenvalue weighted by atomic mass is 35.5. The molecule has 0 radical (unpaired) electrons. The molecule has 19 heavy (non-hydrogen) atoms. The molecule has 0 aliphatic carbocycles. The lowest BCUT2D eigenvalue weighted by molar-refractivity contribution is 0.416. The van der Waals surface area contributed by atoms with Crippen LogP contribution in [0.25, 0.3) is 0 Å². The van der Waals surface area contributed by atoms with Crippen molar-refractivity contribution in [2.24, 2.45) is 0 Å². The minimum atomic E-state index is 0.234. The fourth-order valence-corrected chi connectivity index (χ4v) is 3.04. The fourth-order valence-electron chi connectivity index (χ4n) is 1.91. The second-order valence-corrected chi connectivity index (χ2v) is 6.00. The first-order valence-electron chi connectivity index (χ1n) is 6.32. The predicted octanol–water partition coefficient (Wildman–Crippen LogP) is 5.15. The second-order valence-electron chi connectivity index (χ2n) is 4.37. The van der Waals surface area contributed by atoms with E-state index in [-0.39, 0.29) is 6.04 Å². The van der Waals surface area contributed by atoms with Crippen LogP contribution in [0.4, 0.5) is 5.69 Å². The summed E-state index contributed by atoms with van der Waals surface area (Å²) in [6, 6.07) is 10.2. The zero-order chi connectivity index (χ0) is 13.8. The summed E-state index contributed by atoms with van der Waals surface area (Å²) < 4.78 is 5.35. The van der Waals surface area contributed by atoms with E-state index in [2.05, 4.69) is 31.3 Å². The topological polar surface area (TPSA) is 21.3 Å². The summed E-state index contributed by atoms with van der Waals surface area (Å²) in [4.78, 5) is 2.72. The maximum Gasteiger partial charge on any atom is 0.142 e.